The highest BCUT2D eigenvalue weighted by Gasteiger charge is 2.08. The fourth-order valence-corrected chi connectivity index (χ4v) is 3.90. The highest BCUT2D eigenvalue weighted by molar-refractivity contribution is 5.84. The van der Waals surface area contributed by atoms with E-state index >= 15 is 0 Å². The first-order chi connectivity index (χ1) is 17.0. The zero-order valence-electron chi connectivity index (χ0n) is 19.8. The van der Waals surface area contributed by atoms with E-state index in [9.17, 15) is 4.39 Å². The molecule has 0 N–H and O–H groups in total. The maximum Gasteiger partial charge on any atom is 0.135 e. The lowest BCUT2D eigenvalue weighted by atomic mass is 10.1. The Morgan fingerprint density at radius 2 is 1.17 bits per heavy atom. The molecule has 0 spiro atoms. The molecule has 35 heavy (non-hydrogen) atoms. The number of ether oxygens (including phenoxy) is 1. The van der Waals surface area contributed by atoms with E-state index in [1.54, 1.807) is 19.2 Å². The maximum absolute atomic E-state index is 12.9. The number of rotatable bonds is 3. The fourth-order valence-electron chi connectivity index (χ4n) is 3.90. The third-order valence-corrected chi connectivity index (χ3v) is 5.86. The average Bonchev–Trinajstić information content (AvgIpc) is 3.48. The van der Waals surface area contributed by atoms with Crippen molar-refractivity contribution < 1.29 is 18.0 Å². The normalized spacial score (nSPS) is 10.9. The van der Waals surface area contributed by atoms with Gasteiger partial charge in [0, 0.05) is 21.9 Å². The van der Waals surface area contributed by atoms with Gasteiger partial charge in [0.15, 0.2) is 0 Å². The average molecular weight is 464 g/mol. The molecule has 6 rings (SSSR count). The van der Waals surface area contributed by atoms with Gasteiger partial charge >= 0.3 is 0 Å². The number of halogens is 1. The Balaban J connectivity index is 0.000000145. The Hall–Kier alpha value is -4.31. The van der Waals surface area contributed by atoms with Gasteiger partial charge in [-0.3, -0.25) is 0 Å². The number of benzene rings is 4. The van der Waals surface area contributed by atoms with Crippen molar-refractivity contribution in [3.63, 3.8) is 0 Å². The number of aryl methyl sites for hydroxylation is 2. The number of hydrogen-bond donors (Lipinski definition) is 0. The van der Waals surface area contributed by atoms with E-state index in [2.05, 4.69) is 62.4 Å². The summed E-state index contributed by atoms with van der Waals surface area (Å²) in [6.07, 6.45) is 0. The topological polar surface area (TPSA) is 35.5 Å². The smallest absolute Gasteiger partial charge is 0.135 e. The molecule has 0 atom stereocenters. The fraction of sp³-hybridized carbons (Fsp3) is 0.0968. The lowest BCUT2D eigenvalue weighted by molar-refractivity contribution is 0.415. The van der Waals surface area contributed by atoms with E-state index in [1.807, 2.05) is 24.3 Å². The van der Waals surface area contributed by atoms with Gasteiger partial charge in [-0.05, 0) is 80.1 Å². The molecule has 0 aliphatic carbocycles. The van der Waals surface area contributed by atoms with Crippen LogP contribution in [0.5, 0.6) is 5.75 Å². The van der Waals surface area contributed by atoms with Gasteiger partial charge in [0.25, 0.3) is 0 Å². The Morgan fingerprint density at radius 1 is 0.571 bits per heavy atom. The molecule has 3 nitrogen and oxygen atoms in total. The molecule has 0 saturated heterocycles. The second-order valence-electron chi connectivity index (χ2n) is 8.54. The minimum Gasteiger partial charge on any atom is -0.497 e. The first kappa shape index (κ1) is 22.5. The third-order valence-electron chi connectivity index (χ3n) is 5.86. The molecular weight excluding hydrogens is 438 g/mol. The van der Waals surface area contributed by atoms with Crippen molar-refractivity contribution in [2.24, 2.45) is 0 Å². The van der Waals surface area contributed by atoms with Crippen LogP contribution in [0.2, 0.25) is 0 Å². The first-order valence-electron chi connectivity index (χ1n) is 11.4. The molecular formula is C31H25FO3. The van der Waals surface area contributed by atoms with Crippen molar-refractivity contribution in [3.05, 3.63) is 114 Å². The summed E-state index contributed by atoms with van der Waals surface area (Å²) in [5.74, 6) is 2.19. The van der Waals surface area contributed by atoms with Crippen LogP contribution in [0.3, 0.4) is 0 Å². The predicted molar refractivity (Wildman–Crippen MR) is 139 cm³/mol. The van der Waals surface area contributed by atoms with Crippen LogP contribution in [0, 0.1) is 19.7 Å². The molecule has 2 heterocycles. The number of furan rings is 2. The second-order valence-corrected chi connectivity index (χ2v) is 8.54. The molecule has 0 unspecified atom stereocenters. The first-order valence-corrected chi connectivity index (χ1v) is 11.4. The van der Waals surface area contributed by atoms with E-state index in [4.69, 9.17) is 13.6 Å². The monoisotopic (exact) mass is 463 g/mol. The van der Waals surface area contributed by atoms with E-state index in [0.29, 0.717) is 0 Å². The van der Waals surface area contributed by atoms with Gasteiger partial charge in [-0.2, -0.15) is 0 Å². The Bertz CT molecular complexity index is 1590. The van der Waals surface area contributed by atoms with Gasteiger partial charge in [0.05, 0.1) is 7.11 Å². The Morgan fingerprint density at radius 3 is 1.86 bits per heavy atom. The van der Waals surface area contributed by atoms with Crippen molar-refractivity contribution in [1.82, 2.24) is 0 Å². The maximum atomic E-state index is 12.9. The molecule has 174 valence electrons. The van der Waals surface area contributed by atoms with Crippen molar-refractivity contribution >= 4 is 21.9 Å². The summed E-state index contributed by atoms with van der Waals surface area (Å²) in [4.78, 5) is 0. The molecule has 2 aromatic heterocycles. The minimum absolute atomic E-state index is 0.253. The van der Waals surface area contributed by atoms with Crippen LogP contribution in [0.15, 0.2) is 106 Å². The SMILES string of the molecule is COc1ccc2oc(-c3ccc([18F])cc3)cc2c1.Cc1ccc(-c2cc3ccc(C)cc3o2)cc1. The van der Waals surface area contributed by atoms with Crippen LogP contribution < -0.4 is 4.74 Å². The molecule has 0 aliphatic rings. The van der Waals surface area contributed by atoms with E-state index in [1.165, 1.54) is 23.3 Å². The summed E-state index contributed by atoms with van der Waals surface area (Å²) in [7, 11) is 1.63. The van der Waals surface area contributed by atoms with Crippen LogP contribution in [0.1, 0.15) is 11.1 Å². The van der Waals surface area contributed by atoms with Gasteiger partial charge in [-0.15, -0.1) is 0 Å². The summed E-state index contributed by atoms with van der Waals surface area (Å²) >= 11 is 0. The molecule has 0 bridgehead atoms. The summed E-state index contributed by atoms with van der Waals surface area (Å²) in [5.41, 5.74) is 6.22. The van der Waals surface area contributed by atoms with Gasteiger partial charge in [-0.1, -0.05) is 42.0 Å². The lowest BCUT2D eigenvalue weighted by Crippen LogP contribution is -1.79. The van der Waals surface area contributed by atoms with Crippen molar-refractivity contribution in [3.8, 4) is 28.4 Å². The quantitative estimate of drug-likeness (QED) is 0.263. The highest BCUT2D eigenvalue weighted by atomic mass is 18.2. The number of methoxy groups -OCH3 is 1. The third kappa shape index (κ3) is 4.97. The number of hydrogen-bond acceptors (Lipinski definition) is 3. The van der Waals surface area contributed by atoms with E-state index in [-0.39, 0.29) is 5.82 Å². The molecule has 0 fully saturated rings. The molecule has 0 aliphatic heterocycles. The highest BCUT2D eigenvalue weighted by Crippen LogP contribution is 2.30. The molecule has 4 heteroatoms. The van der Waals surface area contributed by atoms with Crippen LogP contribution >= 0.6 is 0 Å². The van der Waals surface area contributed by atoms with Crippen LogP contribution in [-0.2, 0) is 0 Å². The molecule has 0 saturated carbocycles. The lowest BCUT2D eigenvalue weighted by Gasteiger charge is -1.96. The van der Waals surface area contributed by atoms with Crippen molar-refractivity contribution in [2.45, 2.75) is 13.8 Å². The molecule has 6 aromatic rings. The zero-order valence-corrected chi connectivity index (χ0v) is 19.8. The summed E-state index contributed by atoms with van der Waals surface area (Å²) in [5, 5.41) is 2.12. The number of fused-ring (bicyclic) bond motifs is 2. The molecule has 0 amide bonds. The summed E-state index contributed by atoms with van der Waals surface area (Å²) in [6.45, 7) is 4.17. The van der Waals surface area contributed by atoms with E-state index in [0.717, 1.165) is 50.3 Å². The van der Waals surface area contributed by atoms with Crippen molar-refractivity contribution in [1.29, 1.82) is 0 Å². The standard InChI is InChI=1S/C16H14O.C15H11FO2/c1-11-3-6-13(7-4-11)16-10-14-8-5-12(2)9-15(14)17-16;1-17-13-6-7-14-11(8-13)9-15(18-14)10-2-4-12(16)5-3-10/h3-10H,1-2H3;2-9H,1H3/i;16-1. The van der Waals surface area contributed by atoms with Crippen molar-refractivity contribution in [2.75, 3.05) is 7.11 Å². The Kier molecular flexibility index (Phi) is 6.11. The van der Waals surface area contributed by atoms with Gasteiger partial charge in [-0.25, -0.2) is 4.39 Å². The van der Waals surface area contributed by atoms with Gasteiger partial charge in [0.2, 0.25) is 0 Å². The van der Waals surface area contributed by atoms with Gasteiger partial charge in [0.1, 0.15) is 34.3 Å². The molecule has 0 radical (unpaired) electrons. The predicted octanol–water partition coefficient (Wildman–Crippen LogP) is 8.96. The van der Waals surface area contributed by atoms with Crippen LogP contribution in [-0.4, -0.2) is 7.11 Å². The van der Waals surface area contributed by atoms with Crippen LogP contribution in [0.25, 0.3) is 44.6 Å². The zero-order chi connectivity index (χ0) is 24.4. The van der Waals surface area contributed by atoms with E-state index < -0.39 is 0 Å². The summed E-state index contributed by atoms with van der Waals surface area (Å²) in [6, 6.07) is 30.6. The van der Waals surface area contributed by atoms with Crippen LogP contribution in [0.4, 0.5) is 4.39 Å². The summed E-state index contributed by atoms with van der Waals surface area (Å²) < 4.78 is 29.6. The van der Waals surface area contributed by atoms with Gasteiger partial charge < -0.3 is 13.6 Å². The molecule has 4 aromatic carbocycles. The minimum atomic E-state index is -0.253. The second kappa shape index (κ2) is 9.51. The Labute approximate surface area is 203 Å². The largest absolute Gasteiger partial charge is 0.497 e.